The van der Waals surface area contributed by atoms with Gasteiger partial charge in [0.1, 0.15) is 0 Å². The molecule has 0 bridgehead atoms. The third-order valence-corrected chi connectivity index (χ3v) is 3.54. The second-order valence-electron chi connectivity index (χ2n) is 5.88. The average Bonchev–Trinajstić information content (AvgIpc) is 2.47. The average molecular weight is 334 g/mol. The van der Waals surface area contributed by atoms with Gasteiger partial charge in [-0.25, -0.2) is 0 Å². The lowest BCUT2D eigenvalue weighted by Crippen LogP contribution is -2.40. The number of aliphatic hydroxyl groups is 1. The lowest BCUT2D eigenvalue weighted by molar-refractivity contribution is -0.260. The van der Waals surface area contributed by atoms with Crippen LogP contribution in [0.1, 0.15) is 77.1 Å². The van der Waals surface area contributed by atoms with Gasteiger partial charge in [-0.2, -0.15) is 13.2 Å². The Balaban J connectivity index is 0.000000468. The molecule has 134 valence electrons. The summed E-state index contributed by atoms with van der Waals surface area (Å²) in [6, 6.07) is 0. The second-order valence-corrected chi connectivity index (χ2v) is 5.88. The predicted octanol–water partition coefficient (Wildman–Crippen LogP) is 5.31. The Labute approximate surface area is 137 Å². The van der Waals surface area contributed by atoms with E-state index in [-0.39, 0.29) is 0 Å². The summed E-state index contributed by atoms with van der Waals surface area (Å²) < 4.78 is 36.9. The lowest BCUT2D eigenvalue weighted by Gasteiger charge is -2.24. The monoisotopic (exact) mass is 334 g/mol. The lowest BCUT2D eigenvalue weighted by atomic mass is 10.0. The van der Waals surface area contributed by atoms with Gasteiger partial charge in [0.15, 0.2) is 0 Å². The van der Waals surface area contributed by atoms with Crippen LogP contribution in [0, 0.1) is 6.92 Å². The van der Waals surface area contributed by atoms with Crippen molar-refractivity contribution in [2.24, 2.45) is 0 Å². The third kappa shape index (κ3) is 8.30. The van der Waals surface area contributed by atoms with Crippen molar-refractivity contribution >= 4 is 0 Å². The summed E-state index contributed by atoms with van der Waals surface area (Å²) >= 11 is 0. The first-order valence-electron chi connectivity index (χ1n) is 8.25. The topological polar surface area (TPSA) is 46.0 Å². The summed E-state index contributed by atoms with van der Waals surface area (Å²) in [5, 5.41) is 9.19. The summed E-state index contributed by atoms with van der Waals surface area (Å²) in [4.78, 5) is 7.12. The van der Waals surface area contributed by atoms with Crippen molar-refractivity contribution < 1.29 is 18.3 Å². The summed E-state index contributed by atoms with van der Waals surface area (Å²) in [5.74, 6) is 0. The zero-order valence-corrected chi connectivity index (χ0v) is 14.6. The van der Waals surface area contributed by atoms with Gasteiger partial charge in [0.25, 0.3) is 0 Å². The highest BCUT2D eigenvalue weighted by Gasteiger charge is 2.52. The van der Waals surface area contributed by atoms with E-state index >= 15 is 0 Å². The standard InChI is InChI=1S/C9H20.C8H9F3N2O/c1-3-5-7-9-8-6-4-2;1-5-3-13-6(4-12-5)7(2,14)8(9,10)11/h3-9H2,1-2H3;3-4,14H,1-2H3. The fourth-order valence-electron chi connectivity index (χ4n) is 1.82. The number of unbranched alkanes of at least 4 members (excludes halogenated alkanes) is 6. The Morgan fingerprint density at radius 2 is 1.39 bits per heavy atom. The van der Waals surface area contributed by atoms with Crippen molar-refractivity contribution in [3.05, 3.63) is 23.8 Å². The van der Waals surface area contributed by atoms with E-state index in [1.54, 1.807) is 6.92 Å². The molecule has 1 aromatic rings. The van der Waals surface area contributed by atoms with E-state index in [2.05, 4.69) is 23.8 Å². The molecular weight excluding hydrogens is 305 g/mol. The first-order chi connectivity index (χ1) is 10.7. The number of aromatic nitrogens is 2. The predicted molar refractivity (Wildman–Crippen MR) is 86.1 cm³/mol. The first-order valence-corrected chi connectivity index (χ1v) is 8.25. The van der Waals surface area contributed by atoms with Crippen molar-refractivity contribution in [3.63, 3.8) is 0 Å². The molecule has 1 atom stereocenters. The molecular formula is C17H29F3N2O. The van der Waals surface area contributed by atoms with Gasteiger partial charge in [-0.1, -0.05) is 58.8 Å². The highest BCUT2D eigenvalue weighted by molar-refractivity contribution is 5.11. The molecule has 6 heteroatoms. The maximum atomic E-state index is 12.3. The Kier molecular flexibility index (Phi) is 10.0. The summed E-state index contributed by atoms with van der Waals surface area (Å²) in [6.45, 7) is 6.77. The molecule has 1 rings (SSSR count). The largest absolute Gasteiger partial charge is 0.422 e. The van der Waals surface area contributed by atoms with Gasteiger partial charge in [0.2, 0.25) is 5.60 Å². The van der Waals surface area contributed by atoms with E-state index in [0.29, 0.717) is 12.6 Å². The van der Waals surface area contributed by atoms with Crippen molar-refractivity contribution in [2.75, 3.05) is 0 Å². The number of hydrogen-bond donors (Lipinski definition) is 1. The summed E-state index contributed by atoms with van der Waals surface area (Å²) in [7, 11) is 0. The molecule has 1 unspecified atom stereocenters. The number of nitrogens with zero attached hydrogens (tertiary/aromatic N) is 2. The van der Waals surface area contributed by atoms with Crippen LogP contribution in [0.2, 0.25) is 0 Å². The van der Waals surface area contributed by atoms with E-state index in [1.165, 1.54) is 51.1 Å². The Bertz CT molecular complexity index is 411. The van der Waals surface area contributed by atoms with E-state index in [0.717, 1.165) is 6.20 Å². The molecule has 0 spiro atoms. The molecule has 0 radical (unpaired) electrons. The van der Waals surface area contributed by atoms with Crippen molar-refractivity contribution in [3.8, 4) is 0 Å². The number of aryl methyl sites for hydroxylation is 1. The number of alkyl halides is 3. The molecule has 0 saturated heterocycles. The van der Waals surface area contributed by atoms with E-state index in [1.807, 2.05) is 0 Å². The molecule has 0 fully saturated rings. The fraction of sp³-hybridized carbons (Fsp3) is 0.765. The number of halogens is 3. The third-order valence-electron chi connectivity index (χ3n) is 3.54. The van der Waals surface area contributed by atoms with Crippen molar-refractivity contribution in [1.82, 2.24) is 9.97 Å². The van der Waals surface area contributed by atoms with Crippen LogP contribution in [0.15, 0.2) is 12.4 Å². The molecule has 0 aliphatic rings. The summed E-state index contributed by atoms with van der Waals surface area (Å²) in [5.41, 5.74) is -2.96. The van der Waals surface area contributed by atoms with E-state index in [4.69, 9.17) is 0 Å². The first kappa shape index (κ1) is 21.8. The van der Waals surface area contributed by atoms with Gasteiger partial charge >= 0.3 is 6.18 Å². The van der Waals surface area contributed by atoms with Crippen LogP contribution in [-0.2, 0) is 5.60 Å². The Morgan fingerprint density at radius 3 is 1.74 bits per heavy atom. The van der Waals surface area contributed by atoms with E-state index < -0.39 is 17.5 Å². The van der Waals surface area contributed by atoms with Gasteiger partial charge in [0, 0.05) is 6.20 Å². The van der Waals surface area contributed by atoms with Crippen LogP contribution < -0.4 is 0 Å². The molecule has 1 N–H and O–H groups in total. The minimum Gasteiger partial charge on any atom is -0.375 e. The van der Waals surface area contributed by atoms with Gasteiger partial charge in [0.05, 0.1) is 17.6 Å². The van der Waals surface area contributed by atoms with Crippen LogP contribution >= 0.6 is 0 Å². The normalized spacial score (nSPS) is 13.9. The van der Waals surface area contributed by atoms with Crippen LogP contribution in [0.25, 0.3) is 0 Å². The summed E-state index contributed by atoms with van der Waals surface area (Å²) in [6.07, 6.45) is 7.32. The quantitative estimate of drug-likeness (QED) is 0.687. The maximum Gasteiger partial charge on any atom is 0.422 e. The zero-order valence-electron chi connectivity index (χ0n) is 14.6. The van der Waals surface area contributed by atoms with Crippen LogP contribution in [0.4, 0.5) is 13.2 Å². The van der Waals surface area contributed by atoms with Crippen LogP contribution in [-0.4, -0.2) is 21.3 Å². The smallest absolute Gasteiger partial charge is 0.375 e. The number of hydrogen-bond acceptors (Lipinski definition) is 3. The highest BCUT2D eigenvalue weighted by Crippen LogP contribution is 2.36. The van der Waals surface area contributed by atoms with Crippen molar-refractivity contribution in [2.45, 2.75) is 84.4 Å². The molecule has 0 amide bonds. The zero-order chi connectivity index (χ0) is 17.9. The van der Waals surface area contributed by atoms with E-state index in [9.17, 15) is 18.3 Å². The maximum absolute atomic E-state index is 12.3. The molecule has 3 nitrogen and oxygen atoms in total. The molecule has 0 saturated carbocycles. The Morgan fingerprint density at radius 1 is 0.913 bits per heavy atom. The molecule has 0 aromatic carbocycles. The molecule has 1 heterocycles. The molecule has 1 aromatic heterocycles. The minimum absolute atomic E-state index is 0.492. The fourth-order valence-corrected chi connectivity index (χ4v) is 1.82. The van der Waals surface area contributed by atoms with Gasteiger partial charge in [-0.05, 0) is 13.8 Å². The molecule has 0 aliphatic heterocycles. The minimum atomic E-state index is -4.75. The van der Waals surface area contributed by atoms with Gasteiger partial charge in [-0.3, -0.25) is 9.97 Å². The molecule has 23 heavy (non-hydrogen) atoms. The SMILES string of the molecule is CCCCCCCCC.Cc1cnc(C(C)(O)C(F)(F)F)cn1. The van der Waals surface area contributed by atoms with Crippen LogP contribution in [0.3, 0.4) is 0 Å². The number of rotatable bonds is 7. The van der Waals surface area contributed by atoms with Crippen molar-refractivity contribution in [1.29, 1.82) is 0 Å². The van der Waals surface area contributed by atoms with Gasteiger partial charge < -0.3 is 5.11 Å². The highest BCUT2D eigenvalue weighted by atomic mass is 19.4. The van der Waals surface area contributed by atoms with Crippen LogP contribution in [0.5, 0.6) is 0 Å². The molecule has 0 aliphatic carbocycles. The Hall–Kier alpha value is -1.17. The van der Waals surface area contributed by atoms with Gasteiger partial charge in [-0.15, -0.1) is 0 Å². The second kappa shape index (κ2) is 10.6.